The van der Waals surface area contributed by atoms with Crippen molar-refractivity contribution in [1.29, 1.82) is 0 Å². The van der Waals surface area contributed by atoms with Gasteiger partial charge in [0.15, 0.2) is 12.3 Å². The van der Waals surface area contributed by atoms with Gasteiger partial charge in [-0.1, -0.05) is 48.5 Å². The van der Waals surface area contributed by atoms with E-state index in [4.69, 9.17) is 9.72 Å². The van der Waals surface area contributed by atoms with Crippen LogP contribution in [-0.4, -0.2) is 64.3 Å². The molecular formula is C28H29N5O3. The standard InChI is InChI=1S/C28H29N5O3/c1-20(2)33-27-24(18-29-33)23(17-25(30-27)21-9-5-3-6-10-21)28(35)36-19-26(34)32-15-13-31(14-16-32)22-11-7-4-8-12-22/h3-12,17-18,20H,13-16,19H2,1-2H3. The number of amides is 1. The van der Waals surface area contributed by atoms with E-state index >= 15 is 0 Å². The van der Waals surface area contributed by atoms with E-state index in [0.717, 1.165) is 24.3 Å². The Bertz CT molecular complexity index is 1360. The van der Waals surface area contributed by atoms with Gasteiger partial charge in [0.2, 0.25) is 0 Å². The lowest BCUT2D eigenvalue weighted by molar-refractivity contribution is -0.134. The van der Waals surface area contributed by atoms with Crippen LogP contribution in [0, 0.1) is 0 Å². The third-order valence-corrected chi connectivity index (χ3v) is 6.43. The highest BCUT2D eigenvalue weighted by molar-refractivity contribution is 6.04. The normalized spacial score (nSPS) is 13.9. The molecule has 1 aliphatic rings. The maximum absolute atomic E-state index is 13.2. The molecule has 5 rings (SSSR count). The van der Waals surface area contributed by atoms with Crippen molar-refractivity contribution in [3.8, 4) is 11.3 Å². The number of pyridine rings is 1. The molecule has 1 aliphatic heterocycles. The Hall–Kier alpha value is -4.20. The summed E-state index contributed by atoms with van der Waals surface area (Å²) in [5.74, 6) is -0.748. The number of fused-ring (bicyclic) bond motifs is 1. The first-order valence-electron chi connectivity index (χ1n) is 12.2. The maximum Gasteiger partial charge on any atom is 0.339 e. The number of piperazine rings is 1. The van der Waals surface area contributed by atoms with Crippen molar-refractivity contribution in [3.05, 3.63) is 78.5 Å². The number of esters is 1. The molecule has 0 unspecified atom stereocenters. The van der Waals surface area contributed by atoms with Gasteiger partial charge in [-0.2, -0.15) is 5.10 Å². The van der Waals surface area contributed by atoms with Crippen LogP contribution in [0.4, 0.5) is 5.69 Å². The van der Waals surface area contributed by atoms with Gasteiger partial charge >= 0.3 is 5.97 Å². The minimum atomic E-state index is -0.556. The van der Waals surface area contributed by atoms with Crippen molar-refractivity contribution >= 4 is 28.6 Å². The Morgan fingerprint density at radius 1 is 0.944 bits per heavy atom. The van der Waals surface area contributed by atoms with E-state index in [0.29, 0.717) is 35.4 Å². The smallest absolute Gasteiger partial charge is 0.339 e. The molecule has 184 valence electrons. The number of carbonyl (C=O) groups is 2. The number of rotatable bonds is 6. The summed E-state index contributed by atoms with van der Waals surface area (Å²) in [5.41, 5.74) is 3.65. The number of carbonyl (C=O) groups excluding carboxylic acids is 2. The van der Waals surface area contributed by atoms with Crippen molar-refractivity contribution in [2.45, 2.75) is 19.9 Å². The second-order valence-electron chi connectivity index (χ2n) is 9.12. The van der Waals surface area contributed by atoms with E-state index in [-0.39, 0.29) is 18.6 Å². The van der Waals surface area contributed by atoms with Crippen molar-refractivity contribution in [1.82, 2.24) is 19.7 Å². The molecule has 8 nitrogen and oxygen atoms in total. The fourth-order valence-corrected chi connectivity index (χ4v) is 4.47. The molecule has 2 aromatic heterocycles. The second-order valence-corrected chi connectivity index (χ2v) is 9.12. The zero-order valence-electron chi connectivity index (χ0n) is 20.5. The van der Waals surface area contributed by atoms with Crippen LogP contribution in [0.1, 0.15) is 30.2 Å². The first-order valence-corrected chi connectivity index (χ1v) is 12.2. The number of nitrogens with zero attached hydrogens (tertiary/aromatic N) is 5. The predicted molar refractivity (Wildman–Crippen MR) is 139 cm³/mol. The maximum atomic E-state index is 13.2. The molecule has 1 fully saturated rings. The summed E-state index contributed by atoms with van der Waals surface area (Å²) in [6.07, 6.45) is 1.64. The summed E-state index contributed by atoms with van der Waals surface area (Å²) in [7, 11) is 0. The fraction of sp³-hybridized carbons (Fsp3) is 0.286. The number of ether oxygens (including phenoxy) is 1. The van der Waals surface area contributed by atoms with Gasteiger partial charge in [-0.25, -0.2) is 14.5 Å². The summed E-state index contributed by atoms with van der Waals surface area (Å²) in [5, 5.41) is 5.05. The first-order chi connectivity index (χ1) is 17.5. The molecule has 1 saturated heterocycles. The van der Waals surface area contributed by atoms with Crippen molar-refractivity contribution in [3.63, 3.8) is 0 Å². The molecule has 1 amide bonds. The number of anilines is 1. The van der Waals surface area contributed by atoms with Gasteiger partial charge in [0.05, 0.1) is 22.8 Å². The number of benzene rings is 2. The van der Waals surface area contributed by atoms with Gasteiger partial charge in [-0.15, -0.1) is 0 Å². The second kappa shape index (κ2) is 10.2. The van der Waals surface area contributed by atoms with E-state index in [2.05, 4.69) is 22.1 Å². The number of aromatic nitrogens is 3. The van der Waals surface area contributed by atoms with Crippen molar-refractivity contribution in [2.24, 2.45) is 0 Å². The molecule has 36 heavy (non-hydrogen) atoms. The Labute approximate surface area is 210 Å². The molecule has 0 spiro atoms. The highest BCUT2D eigenvalue weighted by Gasteiger charge is 2.24. The van der Waals surface area contributed by atoms with Crippen LogP contribution >= 0.6 is 0 Å². The molecule has 2 aromatic carbocycles. The van der Waals surface area contributed by atoms with Crippen LogP contribution in [0.2, 0.25) is 0 Å². The number of hydrogen-bond donors (Lipinski definition) is 0. The van der Waals surface area contributed by atoms with E-state index in [1.165, 1.54) is 0 Å². The molecule has 0 bridgehead atoms. The van der Waals surface area contributed by atoms with Crippen LogP contribution in [0.25, 0.3) is 22.3 Å². The Morgan fingerprint density at radius 2 is 1.61 bits per heavy atom. The average Bonchev–Trinajstić information content (AvgIpc) is 3.36. The molecule has 0 aliphatic carbocycles. The fourth-order valence-electron chi connectivity index (χ4n) is 4.47. The van der Waals surface area contributed by atoms with Gasteiger partial charge < -0.3 is 14.5 Å². The van der Waals surface area contributed by atoms with E-state index in [1.807, 2.05) is 62.4 Å². The Kier molecular flexibility index (Phi) is 6.66. The van der Waals surface area contributed by atoms with Crippen LogP contribution in [0.5, 0.6) is 0 Å². The van der Waals surface area contributed by atoms with E-state index < -0.39 is 5.97 Å². The van der Waals surface area contributed by atoms with Crippen LogP contribution in [-0.2, 0) is 9.53 Å². The van der Waals surface area contributed by atoms with Crippen LogP contribution < -0.4 is 4.90 Å². The molecule has 8 heteroatoms. The average molecular weight is 484 g/mol. The highest BCUT2D eigenvalue weighted by Crippen LogP contribution is 2.27. The van der Waals surface area contributed by atoms with Gasteiger partial charge in [-0.3, -0.25) is 4.79 Å². The summed E-state index contributed by atoms with van der Waals surface area (Å²) in [4.78, 5) is 34.8. The van der Waals surface area contributed by atoms with Gasteiger partial charge in [-0.05, 0) is 32.0 Å². The molecule has 3 heterocycles. The van der Waals surface area contributed by atoms with Gasteiger partial charge in [0.25, 0.3) is 5.91 Å². The third kappa shape index (κ3) is 4.79. The Morgan fingerprint density at radius 3 is 2.28 bits per heavy atom. The Balaban J connectivity index is 1.30. The number of para-hydroxylation sites is 1. The van der Waals surface area contributed by atoms with Crippen molar-refractivity contribution in [2.75, 3.05) is 37.7 Å². The highest BCUT2D eigenvalue weighted by atomic mass is 16.5. The molecule has 0 atom stereocenters. The van der Waals surface area contributed by atoms with Gasteiger partial charge in [0, 0.05) is 43.5 Å². The SMILES string of the molecule is CC(C)n1ncc2c(C(=O)OCC(=O)N3CCN(c4ccccc4)CC3)cc(-c3ccccc3)nc21. The van der Waals surface area contributed by atoms with E-state index in [9.17, 15) is 9.59 Å². The molecule has 0 saturated carbocycles. The first kappa shape index (κ1) is 23.5. The summed E-state index contributed by atoms with van der Waals surface area (Å²) >= 11 is 0. The minimum absolute atomic E-state index is 0.0704. The minimum Gasteiger partial charge on any atom is -0.452 e. The van der Waals surface area contributed by atoms with Crippen LogP contribution in [0.3, 0.4) is 0 Å². The quantitative estimate of drug-likeness (QED) is 0.383. The molecule has 0 N–H and O–H groups in total. The van der Waals surface area contributed by atoms with Crippen molar-refractivity contribution < 1.29 is 14.3 Å². The largest absolute Gasteiger partial charge is 0.452 e. The number of hydrogen-bond acceptors (Lipinski definition) is 6. The van der Waals surface area contributed by atoms with Crippen LogP contribution in [0.15, 0.2) is 72.9 Å². The lowest BCUT2D eigenvalue weighted by Gasteiger charge is -2.36. The topological polar surface area (TPSA) is 80.6 Å². The summed E-state index contributed by atoms with van der Waals surface area (Å²) < 4.78 is 7.30. The molecular weight excluding hydrogens is 454 g/mol. The zero-order chi connectivity index (χ0) is 25.1. The zero-order valence-corrected chi connectivity index (χ0v) is 20.5. The lowest BCUT2D eigenvalue weighted by Crippen LogP contribution is -2.49. The molecule has 0 radical (unpaired) electrons. The predicted octanol–water partition coefficient (Wildman–Crippen LogP) is 4.18. The van der Waals surface area contributed by atoms with Gasteiger partial charge in [0.1, 0.15) is 0 Å². The third-order valence-electron chi connectivity index (χ3n) is 6.43. The summed E-state index contributed by atoms with van der Waals surface area (Å²) in [6.45, 7) is 6.38. The van der Waals surface area contributed by atoms with E-state index in [1.54, 1.807) is 21.8 Å². The lowest BCUT2D eigenvalue weighted by atomic mass is 10.1. The monoisotopic (exact) mass is 483 g/mol. The molecule has 4 aromatic rings. The summed E-state index contributed by atoms with van der Waals surface area (Å²) in [6, 6.07) is 21.6.